The Bertz CT molecular complexity index is 968. The maximum Gasteiger partial charge on any atom is 0.263 e. The van der Waals surface area contributed by atoms with Gasteiger partial charge in [-0.1, -0.05) is 22.0 Å². The third-order valence-corrected chi connectivity index (χ3v) is 5.05. The van der Waals surface area contributed by atoms with Gasteiger partial charge in [0.1, 0.15) is 11.6 Å². The highest BCUT2D eigenvalue weighted by atomic mass is 79.9. The predicted molar refractivity (Wildman–Crippen MR) is 108 cm³/mol. The van der Waals surface area contributed by atoms with Gasteiger partial charge in [-0.25, -0.2) is 8.78 Å². The van der Waals surface area contributed by atoms with Crippen LogP contribution in [0.25, 0.3) is 0 Å². The summed E-state index contributed by atoms with van der Waals surface area (Å²) in [6.45, 7) is 0.416. The maximum atomic E-state index is 13.6. The smallest absolute Gasteiger partial charge is 0.263 e. The molecule has 3 amide bonds. The fourth-order valence-electron chi connectivity index (χ4n) is 3.25. The van der Waals surface area contributed by atoms with E-state index in [4.69, 9.17) is 5.73 Å². The van der Waals surface area contributed by atoms with E-state index in [-0.39, 0.29) is 31.7 Å². The molecule has 3 N–H and O–H groups in total. The Hall–Kier alpha value is -2.85. The summed E-state index contributed by atoms with van der Waals surface area (Å²) in [5.41, 5.74) is 5.51. The van der Waals surface area contributed by atoms with E-state index in [9.17, 15) is 23.2 Å². The Labute approximate surface area is 179 Å². The van der Waals surface area contributed by atoms with Crippen LogP contribution < -0.4 is 11.1 Å². The molecular formula is C20H19BrF2N4O3. The second-order valence-electron chi connectivity index (χ2n) is 6.62. The van der Waals surface area contributed by atoms with Gasteiger partial charge in [0.2, 0.25) is 0 Å². The molecule has 30 heavy (non-hydrogen) atoms. The van der Waals surface area contributed by atoms with E-state index in [1.165, 1.54) is 4.90 Å². The molecule has 1 fully saturated rings. The molecule has 1 unspecified atom stereocenters. The summed E-state index contributed by atoms with van der Waals surface area (Å²) in [6.07, 6.45) is -1.28. The standard InChI is InChI=1S/C20H19BrF2N4O3/c21-14-3-1-2-12(8-14)19(29)26-6-7-27(18(26)17(28)25-5-4-24)20(30)13-9-15(22)11-16(23)10-13/h1-3,8-11,18H,4-7,24H2,(H,25,28). The Kier molecular flexibility index (Phi) is 6.78. The molecule has 2 aromatic carbocycles. The second kappa shape index (κ2) is 9.31. The number of carbonyl (C=O) groups is 3. The van der Waals surface area contributed by atoms with Crippen molar-refractivity contribution in [1.29, 1.82) is 0 Å². The summed E-state index contributed by atoms with van der Waals surface area (Å²) in [7, 11) is 0. The van der Waals surface area contributed by atoms with Gasteiger partial charge in [-0.15, -0.1) is 0 Å². The summed E-state index contributed by atoms with van der Waals surface area (Å²) in [5.74, 6) is -3.64. The first-order valence-electron chi connectivity index (χ1n) is 9.13. The predicted octanol–water partition coefficient (Wildman–Crippen LogP) is 1.73. The molecule has 158 valence electrons. The summed E-state index contributed by atoms with van der Waals surface area (Å²) in [5, 5.41) is 2.57. The first-order valence-corrected chi connectivity index (χ1v) is 9.92. The maximum absolute atomic E-state index is 13.6. The first-order chi connectivity index (χ1) is 14.3. The van der Waals surface area contributed by atoms with E-state index in [0.29, 0.717) is 16.1 Å². The molecule has 7 nitrogen and oxygen atoms in total. The fourth-order valence-corrected chi connectivity index (χ4v) is 3.65. The number of amides is 3. The minimum absolute atomic E-state index is 0.0252. The Morgan fingerprint density at radius 2 is 1.60 bits per heavy atom. The van der Waals surface area contributed by atoms with Crippen molar-refractivity contribution in [2.45, 2.75) is 6.17 Å². The topological polar surface area (TPSA) is 95.7 Å². The molecule has 1 aliphatic rings. The normalized spacial score (nSPS) is 15.9. The van der Waals surface area contributed by atoms with E-state index < -0.39 is 35.5 Å². The summed E-state index contributed by atoms with van der Waals surface area (Å²) in [6, 6.07) is 9.04. The van der Waals surface area contributed by atoms with E-state index in [0.717, 1.165) is 17.0 Å². The number of halogens is 3. The van der Waals surface area contributed by atoms with Gasteiger partial charge in [-0.3, -0.25) is 14.4 Å². The minimum atomic E-state index is -1.28. The molecule has 0 radical (unpaired) electrons. The lowest BCUT2D eigenvalue weighted by atomic mass is 10.1. The van der Waals surface area contributed by atoms with Crippen molar-refractivity contribution >= 4 is 33.7 Å². The monoisotopic (exact) mass is 480 g/mol. The quantitative estimate of drug-likeness (QED) is 0.680. The van der Waals surface area contributed by atoms with Gasteiger partial charge in [0.05, 0.1) is 0 Å². The summed E-state index contributed by atoms with van der Waals surface area (Å²) in [4.78, 5) is 41.1. The zero-order chi connectivity index (χ0) is 21.8. The van der Waals surface area contributed by atoms with Crippen LogP contribution >= 0.6 is 15.9 Å². The molecule has 0 saturated carbocycles. The van der Waals surface area contributed by atoms with Crippen molar-refractivity contribution in [3.8, 4) is 0 Å². The lowest BCUT2D eigenvalue weighted by molar-refractivity contribution is -0.128. The van der Waals surface area contributed by atoms with Crippen molar-refractivity contribution < 1.29 is 23.2 Å². The fraction of sp³-hybridized carbons (Fsp3) is 0.250. The number of benzene rings is 2. The molecule has 2 aromatic rings. The van der Waals surface area contributed by atoms with Crippen molar-refractivity contribution in [2.75, 3.05) is 26.2 Å². The van der Waals surface area contributed by atoms with Crippen LogP contribution in [-0.2, 0) is 4.79 Å². The van der Waals surface area contributed by atoms with E-state index in [2.05, 4.69) is 21.2 Å². The Morgan fingerprint density at radius 1 is 1.00 bits per heavy atom. The minimum Gasteiger partial charge on any atom is -0.351 e. The number of carbonyl (C=O) groups excluding carboxylic acids is 3. The van der Waals surface area contributed by atoms with E-state index in [1.54, 1.807) is 24.3 Å². The van der Waals surface area contributed by atoms with Gasteiger partial charge in [-0.2, -0.15) is 0 Å². The molecule has 3 rings (SSSR count). The van der Waals surface area contributed by atoms with Gasteiger partial charge >= 0.3 is 0 Å². The molecule has 0 aliphatic carbocycles. The first kappa shape index (κ1) is 21.8. The molecule has 0 spiro atoms. The van der Waals surface area contributed by atoms with Crippen LogP contribution in [0.3, 0.4) is 0 Å². The number of hydrogen-bond donors (Lipinski definition) is 2. The largest absolute Gasteiger partial charge is 0.351 e. The SMILES string of the molecule is NCCNC(=O)C1N(C(=O)c2cc(F)cc(F)c2)CCN1C(=O)c1cccc(Br)c1. The van der Waals surface area contributed by atoms with Gasteiger partial charge in [-0.05, 0) is 30.3 Å². The van der Waals surface area contributed by atoms with Crippen LogP contribution in [-0.4, -0.2) is 59.9 Å². The van der Waals surface area contributed by atoms with Crippen LogP contribution in [0, 0.1) is 11.6 Å². The second-order valence-corrected chi connectivity index (χ2v) is 7.53. The van der Waals surface area contributed by atoms with Gasteiger partial charge in [0.15, 0.2) is 6.17 Å². The number of hydrogen-bond acceptors (Lipinski definition) is 4. The zero-order valence-corrected chi connectivity index (χ0v) is 17.4. The van der Waals surface area contributed by atoms with Crippen LogP contribution in [0.2, 0.25) is 0 Å². The number of nitrogens with one attached hydrogen (secondary N) is 1. The lowest BCUT2D eigenvalue weighted by Crippen LogP contribution is -2.54. The summed E-state index contributed by atoms with van der Waals surface area (Å²) >= 11 is 3.30. The molecule has 1 aliphatic heterocycles. The molecule has 0 aromatic heterocycles. The lowest BCUT2D eigenvalue weighted by Gasteiger charge is -2.29. The van der Waals surface area contributed by atoms with Gasteiger partial charge in [0.25, 0.3) is 17.7 Å². The van der Waals surface area contributed by atoms with E-state index >= 15 is 0 Å². The van der Waals surface area contributed by atoms with Crippen molar-refractivity contribution in [2.24, 2.45) is 5.73 Å². The number of nitrogens with two attached hydrogens (primary N) is 1. The Morgan fingerprint density at radius 3 is 2.17 bits per heavy atom. The zero-order valence-electron chi connectivity index (χ0n) is 15.8. The summed E-state index contributed by atoms with van der Waals surface area (Å²) < 4.78 is 27.9. The average molecular weight is 481 g/mol. The molecular weight excluding hydrogens is 462 g/mol. The van der Waals surface area contributed by atoms with Crippen LogP contribution in [0.15, 0.2) is 46.9 Å². The Balaban J connectivity index is 1.93. The van der Waals surface area contributed by atoms with Gasteiger partial charge in [0, 0.05) is 47.8 Å². The van der Waals surface area contributed by atoms with Crippen molar-refractivity contribution in [3.63, 3.8) is 0 Å². The highest BCUT2D eigenvalue weighted by Crippen LogP contribution is 2.23. The number of nitrogens with zero attached hydrogens (tertiary/aromatic N) is 2. The number of rotatable bonds is 5. The van der Waals surface area contributed by atoms with Crippen LogP contribution in [0.1, 0.15) is 20.7 Å². The molecule has 1 saturated heterocycles. The highest BCUT2D eigenvalue weighted by Gasteiger charge is 2.43. The van der Waals surface area contributed by atoms with Crippen LogP contribution in [0.4, 0.5) is 8.78 Å². The third kappa shape index (κ3) is 4.65. The average Bonchev–Trinajstić information content (AvgIpc) is 3.15. The molecule has 1 heterocycles. The highest BCUT2D eigenvalue weighted by molar-refractivity contribution is 9.10. The molecule has 0 bridgehead atoms. The molecule has 1 atom stereocenters. The van der Waals surface area contributed by atoms with Crippen molar-refractivity contribution in [1.82, 2.24) is 15.1 Å². The third-order valence-electron chi connectivity index (χ3n) is 4.55. The van der Waals surface area contributed by atoms with Gasteiger partial charge < -0.3 is 20.9 Å². The van der Waals surface area contributed by atoms with E-state index in [1.807, 2.05) is 0 Å². The molecule has 10 heteroatoms. The van der Waals surface area contributed by atoms with Crippen LogP contribution in [0.5, 0.6) is 0 Å². The van der Waals surface area contributed by atoms with Crippen molar-refractivity contribution in [3.05, 3.63) is 69.7 Å².